The van der Waals surface area contributed by atoms with Crippen LogP contribution in [0.5, 0.6) is 0 Å². The Morgan fingerprint density at radius 1 is 1.56 bits per heavy atom. The van der Waals surface area contributed by atoms with Crippen LogP contribution < -0.4 is 11.1 Å². The standard InChI is InChI=1S/C12H24N2O2/c1-3-12(2,9-13)11(15)14-6-7-16-8-10-4-5-10/h10H,3-9,13H2,1-2H3,(H,14,15). The molecule has 94 valence electrons. The van der Waals surface area contributed by atoms with Crippen LogP contribution in [-0.4, -0.2) is 32.2 Å². The van der Waals surface area contributed by atoms with E-state index in [1.165, 1.54) is 12.8 Å². The van der Waals surface area contributed by atoms with Crippen LogP contribution >= 0.6 is 0 Å². The lowest BCUT2D eigenvalue weighted by Gasteiger charge is -2.24. The van der Waals surface area contributed by atoms with E-state index in [-0.39, 0.29) is 5.91 Å². The van der Waals surface area contributed by atoms with E-state index in [0.29, 0.717) is 19.7 Å². The molecule has 4 nitrogen and oxygen atoms in total. The molecule has 3 N–H and O–H groups in total. The fraction of sp³-hybridized carbons (Fsp3) is 0.917. The summed E-state index contributed by atoms with van der Waals surface area (Å²) in [6.45, 7) is 6.30. The summed E-state index contributed by atoms with van der Waals surface area (Å²) >= 11 is 0. The Morgan fingerprint density at radius 2 is 2.25 bits per heavy atom. The summed E-state index contributed by atoms with van der Waals surface area (Å²) in [5.74, 6) is 0.813. The number of carbonyl (C=O) groups excluding carboxylic acids is 1. The van der Waals surface area contributed by atoms with E-state index in [1.54, 1.807) is 0 Å². The van der Waals surface area contributed by atoms with Gasteiger partial charge in [-0.1, -0.05) is 6.92 Å². The van der Waals surface area contributed by atoms with Crippen molar-refractivity contribution in [2.45, 2.75) is 33.1 Å². The number of ether oxygens (including phenoxy) is 1. The van der Waals surface area contributed by atoms with E-state index in [0.717, 1.165) is 18.9 Å². The molecule has 0 spiro atoms. The molecule has 1 aliphatic carbocycles. The SMILES string of the molecule is CCC(C)(CN)C(=O)NCCOCC1CC1. The largest absolute Gasteiger partial charge is 0.379 e. The molecule has 0 aromatic heterocycles. The second-order valence-electron chi connectivity index (χ2n) is 4.89. The molecule has 1 rings (SSSR count). The highest BCUT2D eigenvalue weighted by atomic mass is 16.5. The lowest BCUT2D eigenvalue weighted by molar-refractivity contribution is -0.130. The van der Waals surface area contributed by atoms with Crippen LogP contribution in [0.15, 0.2) is 0 Å². The highest BCUT2D eigenvalue weighted by Crippen LogP contribution is 2.28. The first-order chi connectivity index (χ1) is 7.62. The van der Waals surface area contributed by atoms with Crippen LogP contribution in [0.1, 0.15) is 33.1 Å². The molecule has 1 aliphatic rings. The summed E-state index contributed by atoms with van der Waals surface area (Å²) in [7, 11) is 0. The van der Waals surface area contributed by atoms with Crippen LogP contribution in [0.25, 0.3) is 0 Å². The zero-order valence-corrected chi connectivity index (χ0v) is 10.4. The van der Waals surface area contributed by atoms with Crippen molar-refractivity contribution in [3.63, 3.8) is 0 Å². The van der Waals surface area contributed by atoms with Gasteiger partial charge in [0.15, 0.2) is 0 Å². The average Bonchev–Trinajstić information content (AvgIpc) is 3.11. The summed E-state index contributed by atoms with van der Waals surface area (Å²) in [4.78, 5) is 11.8. The first-order valence-corrected chi connectivity index (χ1v) is 6.18. The Balaban J connectivity index is 2.08. The lowest BCUT2D eigenvalue weighted by atomic mass is 9.87. The van der Waals surface area contributed by atoms with Crippen LogP contribution in [0.3, 0.4) is 0 Å². The molecule has 0 heterocycles. The van der Waals surface area contributed by atoms with Crippen molar-refractivity contribution < 1.29 is 9.53 Å². The van der Waals surface area contributed by atoms with E-state index in [2.05, 4.69) is 5.32 Å². The average molecular weight is 228 g/mol. The Hall–Kier alpha value is -0.610. The number of hydrogen-bond acceptors (Lipinski definition) is 3. The Kier molecular flexibility index (Phi) is 5.22. The number of nitrogens with two attached hydrogens (primary N) is 1. The van der Waals surface area contributed by atoms with Gasteiger partial charge in [0, 0.05) is 19.7 Å². The van der Waals surface area contributed by atoms with Gasteiger partial charge in [-0.25, -0.2) is 0 Å². The molecule has 0 aromatic rings. The minimum absolute atomic E-state index is 0.0347. The summed E-state index contributed by atoms with van der Waals surface area (Å²) in [6.07, 6.45) is 3.36. The maximum Gasteiger partial charge on any atom is 0.227 e. The normalized spacial score (nSPS) is 19.2. The Morgan fingerprint density at radius 3 is 2.75 bits per heavy atom. The molecule has 1 saturated carbocycles. The summed E-state index contributed by atoms with van der Waals surface area (Å²) in [5.41, 5.74) is 5.17. The molecule has 1 fully saturated rings. The van der Waals surface area contributed by atoms with Gasteiger partial charge in [0.25, 0.3) is 0 Å². The minimum atomic E-state index is -0.434. The third-order valence-electron chi connectivity index (χ3n) is 3.36. The van der Waals surface area contributed by atoms with Crippen molar-refractivity contribution in [1.29, 1.82) is 0 Å². The van der Waals surface area contributed by atoms with Gasteiger partial charge in [0.1, 0.15) is 0 Å². The van der Waals surface area contributed by atoms with Crippen LogP contribution in [0.4, 0.5) is 0 Å². The quantitative estimate of drug-likeness (QED) is 0.607. The molecule has 0 bridgehead atoms. The molecular weight excluding hydrogens is 204 g/mol. The zero-order chi connectivity index (χ0) is 12.0. The molecule has 0 saturated heterocycles. The Bertz CT molecular complexity index is 223. The van der Waals surface area contributed by atoms with Gasteiger partial charge in [-0.2, -0.15) is 0 Å². The first kappa shape index (κ1) is 13.5. The molecule has 0 aromatic carbocycles. The highest BCUT2D eigenvalue weighted by Gasteiger charge is 2.29. The maximum absolute atomic E-state index is 11.8. The van der Waals surface area contributed by atoms with Crippen LogP contribution in [0.2, 0.25) is 0 Å². The highest BCUT2D eigenvalue weighted by molar-refractivity contribution is 5.82. The van der Waals surface area contributed by atoms with Gasteiger partial charge < -0.3 is 15.8 Å². The van der Waals surface area contributed by atoms with E-state index in [9.17, 15) is 4.79 Å². The third kappa shape index (κ3) is 4.10. The van der Waals surface area contributed by atoms with Gasteiger partial charge >= 0.3 is 0 Å². The first-order valence-electron chi connectivity index (χ1n) is 6.18. The molecule has 1 atom stereocenters. The number of rotatable bonds is 8. The van der Waals surface area contributed by atoms with Gasteiger partial charge in [-0.3, -0.25) is 4.79 Å². The van der Waals surface area contributed by atoms with Crippen molar-refractivity contribution >= 4 is 5.91 Å². The van der Waals surface area contributed by atoms with Gasteiger partial charge in [0.05, 0.1) is 12.0 Å². The number of hydrogen-bond donors (Lipinski definition) is 2. The summed E-state index contributed by atoms with van der Waals surface area (Å²) in [5, 5.41) is 2.88. The zero-order valence-electron chi connectivity index (χ0n) is 10.4. The molecule has 4 heteroatoms. The van der Waals surface area contributed by atoms with Gasteiger partial charge in [0.2, 0.25) is 5.91 Å². The third-order valence-corrected chi connectivity index (χ3v) is 3.36. The van der Waals surface area contributed by atoms with Crippen molar-refractivity contribution in [3.05, 3.63) is 0 Å². The molecule has 16 heavy (non-hydrogen) atoms. The second-order valence-corrected chi connectivity index (χ2v) is 4.89. The Labute approximate surface area is 97.9 Å². The molecule has 0 aliphatic heterocycles. The number of amides is 1. The van der Waals surface area contributed by atoms with Crippen molar-refractivity contribution in [2.75, 3.05) is 26.3 Å². The molecule has 0 radical (unpaired) electrons. The van der Waals surface area contributed by atoms with Crippen molar-refractivity contribution in [2.24, 2.45) is 17.1 Å². The van der Waals surface area contributed by atoms with Crippen LogP contribution in [-0.2, 0) is 9.53 Å². The lowest BCUT2D eigenvalue weighted by Crippen LogP contribution is -2.44. The summed E-state index contributed by atoms with van der Waals surface area (Å²) in [6, 6.07) is 0. The van der Waals surface area contributed by atoms with Crippen molar-refractivity contribution in [3.8, 4) is 0 Å². The smallest absolute Gasteiger partial charge is 0.227 e. The molecule has 1 unspecified atom stereocenters. The summed E-state index contributed by atoms with van der Waals surface area (Å²) < 4.78 is 5.44. The second kappa shape index (κ2) is 6.21. The predicted octanol–water partition coefficient (Wildman–Crippen LogP) is 0.904. The molecular formula is C12H24N2O2. The number of nitrogens with one attached hydrogen (secondary N) is 1. The minimum Gasteiger partial charge on any atom is -0.379 e. The van der Waals surface area contributed by atoms with E-state index in [4.69, 9.17) is 10.5 Å². The van der Waals surface area contributed by atoms with Crippen LogP contribution in [0, 0.1) is 11.3 Å². The monoisotopic (exact) mass is 228 g/mol. The van der Waals surface area contributed by atoms with Gasteiger partial charge in [-0.05, 0) is 32.1 Å². The van der Waals surface area contributed by atoms with E-state index in [1.807, 2.05) is 13.8 Å². The number of carbonyl (C=O) groups is 1. The van der Waals surface area contributed by atoms with Gasteiger partial charge in [-0.15, -0.1) is 0 Å². The molecule has 1 amide bonds. The fourth-order valence-electron chi connectivity index (χ4n) is 1.38. The van der Waals surface area contributed by atoms with E-state index >= 15 is 0 Å². The van der Waals surface area contributed by atoms with E-state index < -0.39 is 5.41 Å². The predicted molar refractivity (Wildman–Crippen MR) is 64.0 cm³/mol. The fourth-order valence-corrected chi connectivity index (χ4v) is 1.38. The topological polar surface area (TPSA) is 64.4 Å². The maximum atomic E-state index is 11.8. The van der Waals surface area contributed by atoms with Crippen molar-refractivity contribution in [1.82, 2.24) is 5.32 Å².